The molecule has 0 aliphatic heterocycles. The van der Waals surface area contributed by atoms with E-state index in [0.29, 0.717) is 22.9 Å². The Balaban J connectivity index is 2.05. The van der Waals surface area contributed by atoms with Crippen molar-refractivity contribution >= 4 is 34.2 Å². The zero-order valence-electron chi connectivity index (χ0n) is 13.3. The van der Waals surface area contributed by atoms with Crippen molar-refractivity contribution in [2.75, 3.05) is 5.32 Å². The number of hydrogen-bond donors (Lipinski definition) is 1. The lowest BCUT2D eigenvalue weighted by Crippen LogP contribution is -2.29. The van der Waals surface area contributed by atoms with E-state index in [1.165, 1.54) is 4.57 Å². The first-order valence-electron chi connectivity index (χ1n) is 7.57. The molecule has 0 radical (unpaired) electrons. The second kappa shape index (κ2) is 6.45. The minimum atomic E-state index is -0.465. The van der Waals surface area contributed by atoms with E-state index in [9.17, 15) is 9.59 Å². The maximum Gasteiger partial charge on any atom is 0.265 e. The van der Waals surface area contributed by atoms with Gasteiger partial charge in [-0.3, -0.25) is 14.2 Å². The van der Waals surface area contributed by atoms with E-state index in [4.69, 9.17) is 11.6 Å². The molecule has 0 bridgehead atoms. The summed E-state index contributed by atoms with van der Waals surface area (Å²) in [6, 6.07) is 10.4. The molecule has 1 N–H and O–H groups in total. The number of amides is 1. The molecule has 0 aliphatic rings. The smallest absolute Gasteiger partial charge is 0.265 e. The van der Waals surface area contributed by atoms with Crippen LogP contribution >= 0.6 is 11.6 Å². The number of carbonyl (C=O) groups is 1. The van der Waals surface area contributed by atoms with Crippen LogP contribution in [0.3, 0.4) is 0 Å². The summed E-state index contributed by atoms with van der Waals surface area (Å²) >= 11 is 6.07. The summed E-state index contributed by atoms with van der Waals surface area (Å²) in [6.07, 6.45) is 1.63. The molecule has 1 amide bonds. The van der Waals surface area contributed by atoms with Gasteiger partial charge in [-0.05, 0) is 49.7 Å². The molecule has 0 saturated carbocycles. The minimum Gasteiger partial charge on any atom is -0.322 e. The van der Waals surface area contributed by atoms with E-state index in [-0.39, 0.29) is 11.1 Å². The summed E-state index contributed by atoms with van der Waals surface area (Å²) in [4.78, 5) is 29.4. The Bertz CT molecular complexity index is 995. The molecule has 122 valence electrons. The average Bonchev–Trinajstić information content (AvgIpc) is 2.57. The molecule has 3 rings (SSSR count). The van der Waals surface area contributed by atoms with Gasteiger partial charge in [0.05, 0.1) is 0 Å². The van der Waals surface area contributed by atoms with Crippen molar-refractivity contribution in [3.63, 3.8) is 0 Å². The lowest BCUT2D eigenvalue weighted by atomic mass is 10.1. The van der Waals surface area contributed by atoms with Gasteiger partial charge in [-0.1, -0.05) is 17.7 Å². The van der Waals surface area contributed by atoms with Crippen molar-refractivity contribution in [1.29, 1.82) is 0 Å². The van der Waals surface area contributed by atoms with E-state index >= 15 is 0 Å². The highest BCUT2D eigenvalue weighted by Crippen LogP contribution is 2.20. The molecule has 0 unspecified atom stereocenters. The lowest BCUT2D eigenvalue weighted by molar-refractivity contribution is 0.102. The fourth-order valence-corrected chi connectivity index (χ4v) is 2.71. The number of pyridine rings is 2. The first kappa shape index (κ1) is 16.2. The van der Waals surface area contributed by atoms with Crippen LogP contribution in [0.15, 0.2) is 47.4 Å². The lowest BCUT2D eigenvalue weighted by Gasteiger charge is -2.11. The maximum atomic E-state index is 12.6. The minimum absolute atomic E-state index is 0.0778. The van der Waals surface area contributed by atoms with Gasteiger partial charge in [0.1, 0.15) is 11.2 Å². The Morgan fingerprint density at radius 3 is 2.79 bits per heavy atom. The highest BCUT2D eigenvalue weighted by atomic mass is 35.5. The molecule has 0 aliphatic carbocycles. The first-order chi connectivity index (χ1) is 11.5. The average molecular weight is 342 g/mol. The summed E-state index contributed by atoms with van der Waals surface area (Å²) < 4.78 is 1.49. The van der Waals surface area contributed by atoms with E-state index in [2.05, 4.69) is 10.3 Å². The number of nitrogens with one attached hydrogen (secondary N) is 1. The number of rotatable bonds is 3. The molecular weight excluding hydrogens is 326 g/mol. The SMILES string of the molecule is CCn1c(=O)c(C(=O)Nc2ccc(C)c(Cl)c2)cc2cccnc21. The fraction of sp³-hybridized carbons (Fsp3) is 0.167. The monoisotopic (exact) mass is 341 g/mol. The molecule has 2 heterocycles. The Morgan fingerprint density at radius 1 is 1.29 bits per heavy atom. The number of carbonyl (C=O) groups excluding carboxylic acids is 1. The van der Waals surface area contributed by atoms with Gasteiger partial charge in [-0.15, -0.1) is 0 Å². The van der Waals surface area contributed by atoms with Gasteiger partial charge in [-0.25, -0.2) is 4.98 Å². The van der Waals surface area contributed by atoms with Gasteiger partial charge in [0.25, 0.3) is 11.5 Å². The third-order valence-electron chi connectivity index (χ3n) is 3.84. The first-order valence-corrected chi connectivity index (χ1v) is 7.95. The standard InChI is InChI=1S/C18H16ClN3O2/c1-3-22-16-12(5-4-8-20-16)9-14(18(22)24)17(23)21-13-7-6-11(2)15(19)10-13/h4-10H,3H2,1-2H3,(H,21,23). The van der Waals surface area contributed by atoms with Crippen LogP contribution in [0.2, 0.25) is 5.02 Å². The Hall–Kier alpha value is -2.66. The largest absolute Gasteiger partial charge is 0.322 e. The summed E-state index contributed by atoms with van der Waals surface area (Å²) in [5.74, 6) is -0.465. The van der Waals surface area contributed by atoms with Crippen LogP contribution in [-0.2, 0) is 6.54 Å². The van der Waals surface area contributed by atoms with E-state index in [1.54, 1.807) is 30.5 Å². The molecule has 0 saturated heterocycles. The molecule has 24 heavy (non-hydrogen) atoms. The molecule has 0 spiro atoms. The number of aryl methyl sites for hydroxylation is 2. The third kappa shape index (κ3) is 2.90. The topological polar surface area (TPSA) is 64.0 Å². The Kier molecular flexibility index (Phi) is 4.36. The number of hydrogen-bond acceptors (Lipinski definition) is 3. The second-order valence-electron chi connectivity index (χ2n) is 5.44. The van der Waals surface area contributed by atoms with E-state index in [1.807, 2.05) is 26.0 Å². The number of fused-ring (bicyclic) bond motifs is 1. The predicted octanol–water partition coefficient (Wildman–Crippen LogP) is 3.63. The van der Waals surface area contributed by atoms with Crippen molar-refractivity contribution in [3.05, 3.63) is 69.1 Å². The van der Waals surface area contributed by atoms with Crippen molar-refractivity contribution in [1.82, 2.24) is 9.55 Å². The van der Waals surface area contributed by atoms with Crippen LogP contribution < -0.4 is 10.9 Å². The van der Waals surface area contributed by atoms with Crippen LogP contribution in [-0.4, -0.2) is 15.5 Å². The normalized spacial score (nSPS) is 10.8. The molecule has 6 heteroatoms. The Morgan fingerprint density at radius 2 is 2.08 bits per heavy atom. The quantitative estimate of drug-likeness (QED) is 0.791. The Labute approximate surface area is 143 Å². The number of nitrogens with zero attached hydrogens (tertiary/aromatic N) is 2. The number of halogens is 1. The fourth-order valence-electron chi connectivity index (χ4n) is 2.53. The van der Waals surface area contributed by atoms with Crippen LogP contribution in [0.25, 0.3) is 11.0 Å². The van der Waals surface area contributed by atoms with E-state index in [0.717, 1.165) is 10.9 Å². The number of benzene rings is 1. The van der Waals surface area contributed by atoms with Crippen molar-refractivity contribution in [2.24, 2.45) is 0 Å². The van der Waals surface area contributed by atoms with Crippen LogP contribution in [0.1, 0.15) is 22.8 Å². The predicted molar refractivity (Wildman–Crippen MR) is 95.8 cm³/mol. The highest BCUT2D eigenvalue weighted by molar-refractivity contribution is 6.31. The van der Waals surface area contributed by atoms with Gasteiger partial charge in [0.15, 0.2) is 0 Å². The van der Waals surface area contributed by atoms with Gasteiger partial charge < -0.3 is 5.32 Å². The zero-order chi connectivity index (χ0) is 17.3. The number of aromatic nitrogens is 2. The highest BCUT2D eigenvalue weighted by Gasteiger charge is 2.16. The summed E-state index contributed by atoms with van der Waals surface area (Å²) in [6.45, 7) is 4.16. The van der Waals surface area contributed by atoms with E-state index < -0.39 is 5.91 Å². The third-order valence-corrected chi connectivity index (χ3v) is 4.25. The van der Waals surface area contributed by atoms with Crippen molar-refractivity contribution < 1.29 is 4.79 Å². The van der Waals surface area contributed by atoms with Crippen LogP contribution in [0.5, 0.6) is 0 Å². The summed E-state index contributed by atoms with van der Waals surface area (Å²) in [7, 11) is 0. The van der Waals surface area contributed by atoms with Crippen molar-refractivity contribution in [2.45, 2.75) is 20.4 Å². The van der Waals surface area contributed by atoms with Gasteiger partial charge >= 0.3 is 0 Å². The molecule has 5 nitrogen and oxygen atoms in total. The van der Waals surface area contributed by atoms with Gasteiger partial charge in [0.2, 0.25) is 0 Å². The molecule has 3 aromatic rings. The molecule has 0 fully saturated rings. The second-order valence-corrected chi connectivity index (χ2v) is 5.85. The molecule has 1 aromatic carbocycles. The summed E-state index contributed by atoms with van der Waals surface area (Å²) in [5, 5.41) is 4.02. The molecule has 2 aromatic heterocycles. The summed E-state index contributed by atoms with van der Waals surface area (Å²) in [5.41, 5.74) is 1.75. The zero-order valence-corrected chi connectivity index (χ0v) is 14.1. The molecular formula is C18H16ClN3O2. The number of anilines is 1. The van der Waals surface area contributed by atoms with Crippen LogP contribution in [0, 0.1) is 6.92 Å². The van der Waals surface area contributed by atoms with Crippen molar-refractivity contribution in [3.8, 4) is 0 Å². The van der Waals surface area contributed by atoms with Gasteiger partial charge in [-0.2, -0.15) is 0 Å². The van der Waals surface area contributed by atoms with Crippen LogP contribution in [0.4, 0.5) is 5.69 Å². The molecule has 0 atom stereocenters. The van der Waals surface area contributed by atoms with Gasteiger partial charge in [0, 0.05) is 28.8 Å². The maximum absolute atomic E-state index is 12.6.